The van der Waals surface area contributed by atoms with Crippen molar-refractivity contribution in [3.8, 4) is 0 Å². The molecule has 0 aliphatic carbocycles. The van der Waals surface area contributed by atoms with E-state index in [9.17, 15) is 9.59 Å². The van der Waals surface area contributed by atoms with Crippen molar-refractivity contribution in [2.75, 3.05) is 5.32 Å². The molecule has 4 nitrogen and oxygen atoms in total. The second-order valence-electron chi connectivity index (χ2n) is 5.31. The van der Waals surface area contributed by atoms with E-state index in [0.717, 1.165) is 21.0 Å². The Labute approximate surface area is 141 Å². The third-order valence-electron chi connectivity index (χ3n) is 3.51. The summed E-state index contributed by atoms with van der Waals surface area (Å²) < 4.78 is 6.16. The van der Waals surface area contributed by atoms with Gasteiger partial charge in [-0.25, -0.2) is 4.79 Å². The number of hydrogen-bond donors (Lipinski definition) is 1. The van der Waals surface area contributed by atoms with Gasteiger partial charge in [0.15, 0.2) is 0 Å². The lowest BCUT2D eigenvalue weighted by Crippen LogP contribution is -2.14. The zero-order chi connectivity index (χ0) is 16.4. The lowest BCUT2D eigenvalue weighted by molar-refractivity contribution is -0.115. The summed E-state index contributed by atoms with van der Waals surface area (Å²) in [7, 11) is 0. The van der Waals surface area contributed by atoms with E-state index in [4.69, 9.17) is 4.42 Å². The summed E-state index contributed by atoms with van der Waals surface area (Å²) in [4.78, 5) is 23.6. The van der Waals surface area contributed by atoms with Crippen LogP contribution in [0.25, 0.3) is 11.0 Å². The number of rotatable bonds is 3. The molecule has 0 unspecified atom stereocenters. The number of carbonyl (C=O) groups is 1. The molecule has 0 spiro atoms. The van der Waals surface area contributed by atoms with Crippen molar-refractivity contribution in [3.63, 3.8) is 0 Å². The zero-order valence-corrected chi connectivity index (χ0v) is 14.0. The van der Waals surface area contributed by atoms with Gasteiger partial charge in [-0.2, -0.15) is 0 Å². The van der Waals surface area contributed by atoms with Crippen molar-refractivity contribution in [1.29, 1.82) is 0 Å². The van der Waals surface area contributed by atoms with Crippen LogP contribution in [0.5, 0.6) is 0 Å². The van der Waals surface area contributed by atoms with E-state index in [2.05, 4.69) is 21.2 Å². The van der Waals surface area contributed by atoms with Gasteiger partial charge in [-0.15, -0.1) is 0 Å². The summed E-state index contributed by atoms with van der Waals surface area (Å²) in [6, 6.07) is 14.3. The zero-order valence-electron chi connectivity index (χ0n) is 12.4. The van der Waals surface area contributed by atoms with Crippen molar-refractivity contribution in [3.05, 3.63) is 74.6 Å². The molecule has 0 atom stereocenters. The smallest absolute Gasteiger partial charge is 0.336 e. The third-order valence-corrected chi connectivity index (χ3v) is 4.04. The topological polar surface area (TPSA) is 59.3 Å². The van der Waals surface area contributed by atoms with Crippen LogP contribution in [0.2, 0.25) is 0 Å². The maximum Gasteiger partial charge on any atom is 0.336 e. The minimum atomic E-state index is -0.395. The molecule has 1 heterocycles. The second-order valence-corrected chi connectivity index (χ2v) is 6.23. The molecule has 5 heteroatoms. The van der Waals surface area contributed by atoms with Crippen LogP contribution >= 0.6 is 15.9 Å². The van der Waals surface area contributed by atoms with Gasteiger partial charge >= 0.3 is 5.63 Å². The molecule has 1 amide bonds. The van der Waals surface area contributed by atoms with E-state index < -0.39 is 5.63 Å². The molecule has 3 rings (SSSR count). The first kappa shape index (κ1) is 15.5. The van der Waals surface area contributed by atoms with Crippen LogP contribution in [0.15, 0.2) is 62.2 Å². The van der Waals surface area contributed by atoms with Crippen LogP contribution < -0.4 is 10.9 Å². The van der Waals surface area contributed by atoms with Crippen molar-refractivity contribution < 1.29 is 9.21 Å². The van der Waals surface area contributed by atoms with E-state index in [1.54, 1.807) is 12.1 Å². The first-order chi connectivity index (χ1) is 11.0. The normalized spacial score (nSPS) is 10.7. The summed E-state index contributed by atoms with van der Waals surface area (Å²) >= 11 is 3.36. The molecule has 0 saturated carbocycles. The lowest BCUT2D eigenvalue weighted by Gasteiger charge is -2.07. The highest BCUT2D eigenvalue weighted by Crippen LogP contribution is 2.21. The molecule has 2 aromatic carbocycles. The van der Waals surface area contributed by atoms with Gasteiger partial charge in [-0.05, 0) is 42.3 Å². The largest absolute Gasteiger partial charge is 0.423 e. The number of halogens is 1. The van der Waals surface area contributed by atoms with Gasteiger partial charge < -0.3 is 9.73 Å². The van der Waals surface area contributed by atoms with Gasteiger partial charge in [-0.3, -0.25) is 4.79 Å². The molecule has 1 N–H and O–H groups in total. The number of aryl methyl sites for hydroxylation is 1. The van der Waals surface area contributed by atoms with E-state index >= 15 is 0 Å². The van der Waals surface area contributed by atoms with Gasteiger partial charge in [0.25, 0.3) is 0 Å². The van der Waals surface area contributed by atoms with Gasteiger partial charge in [0.2, 0.25) is 5.91 Å². The van der Waals surface area contributed by atoms with Crippen molar-refractivity contribution >= 4 is 38.5 Å². The fourth-order valence-corrected chi connectivity index (χ4v) is 2.66. The second kappa shape index (κ2) is 6.38. The quantitative estimate of drug-likeness (QED) is 0.706. The number of hydrogen-bond acceptors (Lipinski definition) is 3. The standard InChI is InChI=1S/C18H14BrNO3/c1-11-8-18(22)23-16-10-14(6-7-15(11)16)20-17(21)9-12-2-4-13(19)5-3-12/h2-8,10H,9H2,1H3,(H,20,21). The Balaban J connectivity index is 1.79. The van der Waals surface area contributed by atoms with Crippen molar-refractivity contribution in [2.45, 2.75) is 13.3 Å². The van der Waals surface area contributed by atoms with Gasteiger partial charge in [0.1, 0.15) is 5.58 Å². The number of benzene rings is 2. The summed E-state index contributed by atoms with van der Waals surface area (Å²) in [5.74, 6) is -0.123. The van der Waals surface area contributed by atoms with Gasteiger partial charge in [-0.1, -0.05) is 28.1 Å². The molecule has 0 fully saturated rings. The molecule has 1 aromatic heterocycles. The fourth-order valence-electron chi connectivity index (χ4n) is 2.40. The maximum atomic E-state index is 12.1. The Hall–Kier alpha value is -2.40. The van der Waals surface area contributed by atoms with Crippen LogP contribution in [-0.2, 0) is 11.2 Å². The molecule has 23 heavy (non-hydrogen) atoms. The van der Waals surface area contributed by atoms with E-state index in [0.29, 0.717) is 11.3 Å². The van der Waals surface area contributed by atoms with Crippen molar-refractivity contribution in [2.24, 2.45) is 0 Å². The number of amides is 1. The molecular formula is C18H14BrNO3. The molecule has 0 aliphatic rings. The number of carbonyl (C=O) groups excluding carboxylic acids is 1. The Morgan fingerprint density at radius 1 is 1.13 bits per heavy atom. The molecule has 0 radical (unpaired) electrons. The summed E-state index contributed by atoms with van der Waals surface area (Å²) in [6.45, 7) is 1.85. The molecule has 0 bridgehead atoms. The van der Waals surface area contributed by atoms with Crippen LogP contribution in [-0.4, -0.2) is 5.91 Å². The predicted octanol–water partition coefficient (Wildman–Crippen LogP) is 4.05. The molecule has 116 valence electrons. The maximum absolute atomic E-state index is 12.1. The monoisotopic (exact) mass is 371 g/mol. The van der Waals surface area contributed by atoms with Gasteiger partial charge in [0.05, 0.1) is 6.42 Å². The summed E-state index contributed by atoms with van der Waals surface area (Å²) in [5, 5.41) is 3.68. The van der Waals surface area contributed by atoms with E-state index in [1.807, 2.05) is 37.3 Å². The fraction of sp³-hybridized carbons (Fsp3) is 0.111. The highest BCUT2D eigenvalue weighted by molar-refractivity contribution is 9.10. The minimum Gasteiger partial charge on any atom is -0.423 e. The highest BCUT2D eigenvalue weighted by atomic mass is 79.9. The summed E-state index contributed by atoms with van der Waals surface area (Å²) in [6.07, 6.45) is 0.281. The number of fused-ring (bicyclic) bond motifs is 1. The highest BCUT2D eigenvalue weighted by Gasteiger charge is 2.07. The first-order valence-electron chi connectivity index (χ1n) is 7.10. The molecule has 0 saturated heterocycles. The average molecular weight is 372 g/mol. The number of nitrogens with one attached hydrogen (secondary N) is 1. The average Bonchev–Trinajstić information content (AvgIpc) is 2.49. The lowest BCUT2D eigenvalue weighted by atomic mass is 10.1. The molecular weight excluding hydrogens is 358 g/mol. The van der Waals surface area contributed by atoms with E-state index in [-0.39, 0.29) is 12.3 Å². The SMILES string of the molecule is Cc1cc(=O)oc2cc(NC(=O)Cc3ccc(Br)cc3)ccc12. The number of anilines is 1. The third kappa shape index (κ3) is 3.68. The van der Waals surface area contributed by atoms with Crippen molar-refractivity contribution in [1.82, 2.24) is 0 Å². The molecule has 0 aliphatic heterocycles. The van der Waals surface area contributed by atoms with Crippen LogP contribution in [0.3, 0.4) is 0 Å². The first-order valence-corrected chi connectivity index (χ1v) is 7.89. The Kier molecular flexibility index (Phi) is 4.30. The van der Waals surface area contributed by atoms with E-state index in [1.165, 1.54) is 6.07 Å². The van der Waals surface area contributed by atoms with Crippen LogP contribution in [0.1, 0.15) is 11.1 Å². The Morgan fingerprint density at radius 3 is 2.61 bits per heavy atom. The van der Waals surface area contributed by atoms with Gasteiger partial charge in [0, 0.05) is 27.7 Å². The Bertz CT molecular complexity index is 929. The summed E-state index contributed by atoms with van der Waals surface area (Å²) in [5.41, 5.74) is 2.45. The minimum absolute atomic E-state index is 0.123. The van der Waals surface area contributed by atoms with Crippen LogP contribution in [0.4, 0.5) is 5.69 Å². The van der Waals surface area contributed by atoms with Crippen LogP contribution in [0, 0.1) is 6.92 Å². The molecule has 3 aromatic rings. The Morgan fingerprint density at radius 2 is 1.87 bits per heavy atom. The predicted molar refractivity (Wildman–Crippen MR) is 93.7 cm³/mol.